The van der Waals surface area contributed by atoms with E-state index in [1.165, 1.54) is 9.88 Å². The molecule has 0 amide bonds. The third-order valence-electron chi connectivity index (χ3n) is 2.93. The first-order valence-electron chi connectivity index (χ1n) is 6.47. The lowest BCUT2D eigenvalue weighted by molar-refractivity contribution is 0.460. The Morgan fingerprint density at radius 1 is 1.50 bits per heavy atom. The Morgan fingerprint density at radius 2 is 2.39 bits per heavy atom. The van der Waals surface area contributed by atoms with Crippen LogP contribution in [0.1, 0.15) is 35.9 Å². The van der Waals surface area contributed by atoms with Crippen LogP contribution in [0.5, 0.6) is 0 Å². The number of aromatic nitrogens is 1. The highest BCUT2D eigenvalue weighted by molar-refractivity contribution is 7.11. The van der Waals surface area contributed by atoms with Crippen molar-refractivity contribution in [2.45, 2.75) is 45.7 Å². The van der Waals surface area contributed by atoms with E-state index in [0.717, 1.165) is 31.6 Å². The summed E-state index contributed by atoms with van der Waals surface area (Å²) in [5.74, 6) is 1.06. The predicted molar refractivity (Wildman–Crippen MR) is 74.8 cm³/mol. The summed E-state index contributed by atoms with van der Waals surface area (Å²) in [5, 5.41) is 4.75. The average Bonchev–Trinajstić information content (AvgIpc) is 3.04. The van der Waals surface area contributed by atoms with Crippen molar-refractivity contribution in [3.63, 3.8) is 0 Å². The van der Waals surface area contributed by atoms with Crippen LogP contribution in [0.2, 0.25) is 0 Å². The van der Waals surface area contributed by atoms with Gasteiger partial charge < -0.3 is 9.73 Å². The summed E-state index contributed by atoms with van der Waals surface area (Å²) in [5.41, 5.74) is 0. The van der Waals surface area contributed by atoms with Crippen molar-refractivity contribution in [3.05, 3.63) is 40.2 Å². The molecule has 1 N–H and O–H groups in total. The van der Waals surface area contributed by atoms with E-state index in [0.29, 0.717) is 6.04 Å². The van der Waals surface area contributed by atoms with Gasteiger partial charge in [-0.2, -0.15) is 0 Å². The van der Waals surface area contributed by atoms with E-state index in [-0.39, 0.29) is 0 Å². The number of thiazole rings is 1. The first kappa shape index (κ1) is 13.3. The summed E-state index contributed by atoms with van der Waals surface area (Å²) in [7, 11) is 0. The minimum absolute atomic E-state index is 0.488. The standard InChI is InChI=1S/C14H20N2OS/c1-3-14-16-10-13(18-14)9-15-11(2)6-7-12-5-4-8-17-12/h4-5,8,10-11,15H,3,6-7,9H2,1-2H3. The predicted octanol–water partition coefficient (Wildman–Crippen LogP) is 3.41. The molecule has 1 atom stereocenters. The van der Waals surface area contributed by atoms with Crippen molar-refractivity contribution >= 4 is 11.3 Å². The first-order chi connectivity index (χ1) is 8.78. The maximum atomic E-state index is 5.33. The molecular formula is C14H20N2OS. The van der Waals surface area contributed by atoms with Gasteiger partial charge in [-0.1, -0.05) is 6.92 Å². The van der Waals surface area contributed by atoms with Crippen LogP contribution in [0.15, 0.2) is 29.0 Å². The summed E-state index contributed by atoms with van der Waals surface area (Å²) < 4.78 is 5.33. The molecule has 2 rings (SSSR count). The average molecular weight is 264 g/mol. The molecule has 0 aliphatic heterocycles. The van der Waals surface area contributed by atoms with E-state index in [9.17, 15) is 0 Å². The molecule has 0 aromatic carbocycles. The van der Waals surface area contributed by atoms with E-state index in [1.54, 1.807) is 17.6 Å². The van der Waals surface area contributed by atoms with Crippen LogP contribution in [0, 0.1) is 0 Å². The quantitative estimate of drug-likeness (QED) is 0.833. The van der Waals surface area contributed by atoms with Gasteiger partial charge in [0.15, 0.2) is 0 Å². The molecule has 4 heteroatoms. The molecule has 0 fully saturated rings. The van der Waals surface area contributed by atoms with Gasteiger partial charge in [0, 0.05) is 30.1 Å². The maximum absolute atomic E-state index is 5.33. The minimum Gasteiger partial charge on any atom is -0.469 e. The second-order valence-corrected chi connectivity index (χ2v) is 5.67. The number of hydrogen-bond acceptors (Lipinski definition) is 4. The normalized spacial score (nSPS) is 12.8. The Kier molecular flexibility index (Phi) is 4.96. The lowest BCUT2D eigenvalue weighted by Gasteiger charge is -2.11. The third-order valence-corrected chi connectivity index (χ3v) is 4.07. The van der Waals surface area contributed by atoms with Crippen molar-refractivity contribution in [1.29, 1.82) is 0 Å². The van der Waals surface area contributed by atoms with Crippen molar-refractivity contribution in [2.75, 3.05) is 0 Å². The lowest BCUT2D eigenvalue weighted by atomic mass is 10.1. The highest BCUT2D eigenvalue weighted by atomic mass is 32.1. The molecule has 0 saturated carbocycles. The van der Waals surface area contributed by atoms with E-state index in [4.69, 9.17) is 4.42 Å². The summed E-state index contributed by atoms with van der Waals surface area (Å²) in [6.07, 6.45) is 6.82. The lowest BCUT2D eigenvalue weighted by Crippen LogP contribution is -2.25. The largest absolute Gasteiger partial charge is 0.469 e. The maximum Gasteiger partial charge on any atom is 0.103 e. The van der Waals surface area contributed by atoms with Gasteiger partial charge >= 0.3 is 0 Å². The molecular weight excluding hydrogens is 244 g/mol. The van der Waals surface area contributed by atoms with E-state index >= 15 is 0 Å². The zero-order chi connectivity index (χ0) is 12.8. The fraction of sp³-hybridized carbons (Fsp3) is 0.500. The van der Waals surface area contributed by atoms with Crippen molar-refractivity contribution in [3.8, 4) is 0 Å². The van der Waals surface area contributed by atoms with Gasteiger partial charge in [-0.05, 0) is 31.9 Å². The molecule has 0 radical (unpaired) electrons. The molecule has 98 valence electrons. The molecule has 18 heavy (non-hydrogen) atoms. The van der Waals surface area contributed by atoms with Gasteiger partial charge in [-0.25, -0.2) is 4.98 Å². The molecule has 0 saturated heterocycles. The van der Waals surface area contributed by atoms with E-state index in [1.807, 2.05) is 18.3 Å². The van der Waals surface area contributed by atoms with Crippen LogP contribution < -0.4 is 5.32 Å². The number of nitrogens with zero attached hydrogens (tertiary/aromatic N) is 1. The molecule has 0 spiro atoms. The van der Waals surface area contributed by atoms with Crippen molar-refractivity contribution in [1.82, 2.24) is 10.3 Å². The van der Waals surface area contributed by atoms with Crippen LogP contribution in [0.3, 0.4) is 0 Å². The van der Waals surface area contributed by atoms with E-state index < -0.39 is 0 Å². The van der Waals surface area contributed by atoms with Crippen LogP contribution in [-0.2, 0) is 19.4 Å². The Hall–Kier alpha value is -1.13. The first-order valence-corrected chi connectivity index (χ1v) is 7.29. The monoisotopic (exact) mass is 264 g/mol. The van der Waals surface area contributed by atoms with Gasteiger partial charge in [0.25, 0.3) is 0 Å². The number of aryl methyl sites for hydroxylation is 2. The zero-order valence-electron chi connectivity index (χ0n) is 11.0. The Morgan fingerprint density at radius 3 is 3.06 bits per heavy atom. The highest BCUT2D eigenvalue weighted by Crippen LogP contribution is 2.13. The summed E-state index contributed by atoms with van der Waals surface area (Å²) in [4.78, 5) is 5.68. The summed E-state index contributed by atoms with van der Waals surface area (Å²) in [6, 6.07) is 4.46. The Bertz CT molecular complexity index is 450. The van der Waals surface area contributed by atoms with Gasteiger partial charge in [0.05, 0.1) is 11.3 Å². The molecule has 2 heterocycles. The second kappa shape index (κ2) is 6.71. The van der Waals surface area contributed by atoms with Crippen molar-refractivity contribution < 1.29 is 4.42 Å². The number of rotatable bonds is 7. The van der Waals surface area contributed by atoms with E-state index in [2.05, 4.69) is 24.1 Å². The SMILES string of the molecule is CCc1ncc(CNC(C)CCc2ccco2)s1. The molecule has 0 aliphatic rings. The molecule has 0 bridgehead atoms. The summed E-state index contributed by atoms with van der Waals surface area (Å²) in [6.45, 7) is 5.27. The zero-order valence-corrected chi connectivity index (χ0v) is 11.8. The fourth-order valence-corrected chi connectivity index (χ4v) is 2.60. The molecule has 1 unspecified atom stereocenters. The fourth-order valence-electron chi connectivity index (χ4n) is 1.78. The number of furan rings is 1. The van der Waals surface area contributed by atoms with Gasteiger partial charge in [0.1, 0.15) is 5.76 Å². The topological polar surface area (TPSA) is 38.1 Å². The van der Waals surface area contributed by atoms with Crippen molar-refractivity contribution in [2.24, 2.45) is 0 Å². The smallest absolute Gasteiger partial charge is 0.103 e. The highest BCUT2D eigenvalue weighted by Gasteiger charge is 2.05. The summed E-state index contributed by atoms with van der Waals surface area (Å²) >= 11 is 1.80. The van der Waals surface area contributed by atoms with Crippen LogP contribution >= 0.6 is 11.3 Å². The minimum atomic E-state index is 0.488. The second-order valence-electron chi connectivity index (χ2n) is 4.47. The van der Waals surface area contributed by atoms with Gasteiger partial charge in [0.2, 0.25) is 0 Å². The third kappa shape index (κ3) is 3.96. The molecule has 0 aliphatic carbocycles. The van der Waals surface area contributed by atoms with Crippen LogP contribution in [0.25, 0.3) is 0 Å². The van der Waals surface area contributed by atoms with Crippen LogP contribution in [-0.4, -0.2) is 11.0 Å². The Balaban J connectivity index is 1.69. The Labute approximate surface area is 112 Å². The van der Waals surface area contributed by atoms with Gasteiger partial charge in [-0.15, -0.1) is 11.3 Å². The molecule has 3 nitrogen and oxygen atoms in total. The number of hydrogen-bond donors (Lipinski definition) is 1. The van der Waals surface area contributed by atoms with Gasteiger partial charge in [-0.3, -0.25) is 0 Å². The molecule has 2 aromatic heterocycles. The molecule has 2 aromatic rings. The van der Waals surface area contributed by atoms with Crippen LogP contribution in [0.4, 0.5) is 0 Å². The number of nitrogens with one attached hydrogen (secondary N) is 1.